The third-order valence-corrected chi connectivity index (χ3v) is 5.58. The van der Waals surface area contributed by atoms with Gasteiger partial charge in [0.05, 0.1) is 12.0 Å². The summed E-state index contributed by atoms with van der Waals surface area (Å²) < 4.78 is 0. The van der Waals surface area contributed by atoms with E-state index in [1.807, 2.05) is 6.08 Å². The molecule has 0 heterocycles. The van der Waals surface area contributed by atoms with Gasteiger partial charge in [0.15, 0.2) is 0 Å². The van der Waals surface area contributed by atoms with Crippen LogP contribution in [0.15, 0.2) is 23.8 Å². The lowest BCUT2D eigenvalue weighted by molar-refractivity contribution is -0.145. The van der Waals surface area contributed by atoms with E-state index < -0.39 is 23.6 Å². The molecule has 0 aromatic heterocycles. The summed E-state index contributed by atoms with van der Waals surface area (Å²) in [5.41, 5.74) is -0.495. The van der Waals surface area contributed by atoms with Gasteiger partial charge in [-0.25, -0.2) is 0 Å². The number of aliphatic carboxylic acids is 1. The summed E-state index contributed by atoms with van der Waals surface area (Å²) in [6.07, 6.45) is 23.0. The zero-order chi connectivity index (χ0) is 21.0. The summed E-state index contributed by atoms with van der Waals surface area (Å²) in [5.74, 6) is 3.44. The van der Waals surface area contributed by atoms with Crippen LogP contribution in [0.3, 0.4) is 0 Å². The Morgan fingerprint density at radius 3 is 2.61 bits per heavy atom. The van der Waals surface area contributed by atoms with Crippen molar-refractivity contribution in [3.05, 3.63) is 23.8 Å². The SMILES string of the molecule is C#C/C(=C/CC=CC(O)(C#C)CCCCC)CC[C@H](C(=O)O)[C@H]1CCC[C@@H]1O. The number of hydrogen-bond donors (Lipinski definition) is 3. The normalized spacial score (nSPS) is 23.1. The first-order chi connectivity index (χ1) is 13.4. The first-order valence-corrected chi connectivity index (χ1v) is 10.3. The molecule has 0 aromatic carbocycles. The van der Waals surface area contributed by atoms with Gasteiger partial charge in [-0.2, -0.15) is 0 Å². The van der Waals surface area contributed by atoms with Gasteiger partial charge in [-0.05, 0) is 62.5 Å². The monoisotopic (exact) mass is 386 g/mol. The second kappa shape index (κ2) is 12.4. The van der Waals surface area contributed by atoms with Crippen molar-refractivity contribution in [2.75, 3.05) is 0 Å². The number of carboxylic acid groups (broad SMARTS) is 1. The van der Waals surface area contributed by atoms with Crippen molar-refractivity contribution in [2.24, 2.45) is 11.8 Å². The Hall–Kier alpha value is -2.01. The Kier molecular flexibility index (Phi) is 10.7. The highest BCUT2D eigenvalue weighted by Gasteiger charge is 2.36. The lowest BCUT2D eigenvalue weighted by Crippen LogP contribution is -2.29. The number of rotatable bonds is 12. The summed E-state index contributed by atoms with van der Waals surface area (Å²) >= 11 is 0. The maximum atomic E-state index is 11.6. The first kappa shape index (κ1) is 24.0. The second-order valence-electron chi connectivity index (χ2n) is 7.68. The molecule has 0 amide bonds. The molecule has 4 heteroatoms. The number of terminal acetylenes is 2. The van der Waals surface area contributed by atoms with Gasteiger partial charge in [0.1, 0.15) is 5.60 Å². The van der Waals surface area contributed by atoms with E-state index in [1.54, 1.807) is 12.2 Å². The van der Waals surface area contributed by atoms with Crippen LogP contribution in [0.5, 0.6) is 0 Å². The molecule has 1 unspecified atom stereocenters. The molecular formula is C24H34O4. The largest absolute Gasteiger partial charge is 0.481 e. The van der Waals surface area contributed by atoms with Crippen molar-refractivity contribution in [3.8, 4) is 24.7 Å². The molecule has 0 aromatic rings. The molecule has 3 N–H and O–H groups in total. The predicted octanol–water partition coefficient (Wildman–Crippen LogP) is 4.08. The highest BCUT2D eigenvalue weighted by Crippen LogP contribution is 2.35. The van der Waals surface area contributed by atoms with Crippen molar-refractivity contribution in [2.45, 2.75) is 82.8 Å². The smallest absolute Gasteiger partial charge is 0.306 e. The van der Waals surface area contributed by atoms with Crippen LogP contribution in [-0.4, -0.2) is 33.0 Å². The highest BCUT2D eigenvalue weighted by atomic mass is 16.4. The molecule has 0 aliphatic heterocycles. The number of aliphatic hydroxyl groups is 2. The van der Waals surface area contributed by atoms with Crippen molar-refractivity contribution in [1.29, 1.82) is 0 Å². The van der Waals surface area contributed by atoms with Crippen LogP contribution in [0.25, 0.3) is 0 Å². The van der Waals surface area contributed by atoms with E-state index in [1.165, 1.54) is 0 Å². The number of unbranched alkanes of at least 4 members (excludes halogenated alkanes) is 2. The zero-order valence-electron chi connectivity index (χ0n) is 16.9. The number of hydrogen-bond acceptors (Lipinski definition) is 3. The van der Waals surface area contributed by atoms with Crippen LogP contribution in [0.2, 0.25) is 0 Å². The van der Waals surface area contributed by atoms with Crippen molar-refractivity contribution in [3.63, 3.8) is 0 Å². The molecule has 0 spiro atoms. The minimum absolute atomic E-state index is 0.190. The van der Waals surface area contributed by atoms with E-state index >= 15 is 0 Å². The lowest BCUT2D eigenvalue weighted by Gasteiger charge is -2.22. The summed E-state index contributed by atoms with van der Waals surface area (Å²) in [6, 6.07) is 0. The van der Waals surface area contributed by atoms with Crippen LogP contribution < -0.4 is 0 Å². The Morgan fingerprint density at radius 1 is 1.32 bits per heavy atom. The highest BCUT2D eigenvalue weighted by molar-refractivity contribution is 5.70. The Labute approximate surface area is 169 Å². The third kappa shape index (κ3) is 7.93. The number of aliphatic hydroxyl groups excluding tert-OH is 1. The standard InChI is InChI=1S/C24H34O4/c1-4-7-9-17-24(28,6-3)18-10-8-12-19(5-2)15-16-21(23(26)27)20-13-11-14-22(20)25/h2-3,10,12,18,20-22,25,28H,4,7-9,11,13-17H2,1H3,(H,26,27)/b18-10?,19-12-/t20-,21+,22+,24?/m1/s1. The molecule has 4 nitrogen and oxygen atoms in total. The van der Waals surface area contributed by atoms with Crippen molar-refractivity contribution in [1.82, 2.24) is 0 Å². The molecule has 0 saturated heterocycles. The maximum absolute atomic E-state index is 11.6. The predicted molar refractivity (Wildman–Crippen MR) is 112 cm³/mol. The van der Waals surface area contributed by atoms with Crippen molar-refractivity contribution < 1.29 is 20.1 Å². The molecule has 1 aliphatic rings. The Balaban J connectivity index is 2.60. The maximum Gasteiger partial charge on any atom is 0.306 e. The second-order valence-corrected chi connectivity index (χ2v) is 7.68. The van der Waals surface area contributed by atoms with Crippen LogP contribution in [-0.2, 0) is 4.79 Å². The van der Waals surface area contributed by atoms with E-state index in [9.17, 15) is 20.1 Å². The summed E-state index contributed by atoms with van der Waals surface area (Å²) in [6.45, 7) is 2.10. The topological polar surface area (TPSA) is 77.8 Å². The third-order valence-electron chi connectivity index (χ3n) is 5.58. The van der Waals surface area contributed by atoms with E-state index in [2.05, 4.69) is 18.8 Å². The summed E-state index contributed by atoms with van der Waals surface area (Å²) in [5, 5.41) is 29.9. The average molecular weight is 387 g/mol. The molecule has 1 aliphatic carbocycles. The Morgan fingerprint density at radius 2 is 2.07 bits per heavy atom. The molecule has 0 radical (unpaired) electrons. The Bertz CT molecular complexity index is 634. The van der Waals surface area contributed by atoms with Gasteiger partial charge in [0.25, 0.3) is 0 Å². The number of carbonyl (C=O) groups is 1. The summed E-state index contributed by atoms with van der Waals surface area (Å²) in [7, 11) is 0. The van der Waals surface area contributed by atoms with Gasteiger partial charge < -0.3 is 15.3 Å². The van der Waals surface area contributed by atoms with Gasteiger partial charge in [0.2, 0.25) is 0 Å². The van der Waals surface area contributed by atoms with Crippen molar-refractivity contribution >= 4 is 5.97 Å². The van der Waals surface area contributed by atoms with Crippen LogP contribution in [0.1, 0.15) is 71.1 Å². The minimum Gasteiger partial charge on any atom is -0.481 e. The van der Waals surface area contributed by atoms with Gasteiger partial charge in [-0.15, -0.1) is 12.8 Å². The van der Waals surface area contributed by atoms with Gasteiger partial charge >= 0.3 is 5.97 Å². The first-order valence-electron chi connectivity index (χ1n) is 10.3. The molecule has 4 atom stereocenters. The molecule has 1 rings (SSSR count). The van der Waals surface area contributed by atoms with Gasteiger partial charge in [-0.3, -0.25) is 4.79 Å². The van der Waals surface area contributed by atoms with Gasteiger partial charge in [0, 0.05) is 0 Å². The quantitative estimate of drug-likeness (QED) is 0.268. The lowest BCUT2D eigenvalue weighted by atomic mass is 9.84. The number of carboxylic acids is 1. The molecule has 0 bridgehead atoms. The molecule has 1 saturated carbocycles. The minimum atomic E-state index is -1.23. The van der Waals surface area contributed by atoms with Crippen LogP contribution >= 0.6 is 0 Å². The fourth-order valence-electron chi connectivity index (χ4n) is 3.82. The number of allylic oxidation sites excluding steroid dienone is 3. The van der Waals surface area contributed by atoms with Gasteiger partial charge in [-0.1, -0.05) is 50.2 Å². The molecule has 1 fully saturated rings. The zero-order valence-corrected chi connectivity index (χ0v) is 16.9. The van der Waals surface area contributed by atoms with E-state index in [-0.39, 0.29) is 5.92 Å². The molecular weight excluding hydrogens is 352 g/mol. The fraction of sp³-hybridized carbons (Fsp3) is 0.625. The molecule has 154 valence electrons. The fourth-order valence-corrected chi connectivity index (χ4v) is 3.82. The molecule has 28 heavy (non-hydrogen) atoms. The van der Waals surface area contributed by atoms with Crippen LogP contribution in [0, 0.1) is 36.5 Å². The average Bonchev–Trinajstić information content (AvgIpc) is 3.09. The summed E-state index contributed by atoms with van der Waals surface area (Å²) in [4.78, 5) is 11.6. The van der Waals surface area contributed by atoms with Crippen LogP contribution in [0.4, 0.5) is 0 Å². The van der Waals surface area contributed by atoms with E-state index in [4.69, 9.17) is 12.8 Å². The van der Waals surface area contributed by atoms with E-state index in [0.29, 0.717) is 32.1 Å². The van der Waals surface area contributed by atoms with E-state index in [0.717, 1.165) is 37.7 Å².